The van der Waals surface area contributed by atoms with E-state index in [2.05, 4.69) is 6.07 Å². The van der Waals surface area contributed by atoms with Crippen molar-refractivity contribution in [1.29, 1.82) is 5.26 Å². The van der Waals surface area contributed by atoms with E-state index in [1.165, 1.54) is 5.57 Å². The average Bonchev–Trinajstić information content (AvgIpc) is 1.91. The Morgan fingerprint density at radius 1 is 1.78 bits per heavy atom. The van der Waals surface area contributed by atoms with Crippen LogP contribution in [0.5, 0.6) is 0 Å². The fourth-order valence-corrected chi connectivity index (χ4v) is 0.828. The molecular formula is C7H9NO. The first kappa shape index (κ1) is 6.31. The lowest BCUT2D eigenvalue weighted by Gasteiger charge is -2.09. The summed E-state index contributed by atoms with van der Waals surface area (Å²) in [6.45, 7) is 1.48. The number of hydrogen-bond acceptors (Lipinski definition) is 2. The van der Waals surface area contributed by atoms with Crippen molar-refractivity contribution >= 4 is 0 Å². The predicted octanol–water partition coefficient (Wildman–Crippen LogP) is 1.25. The van der Waals surface area contributed by atoms with E-state index < -0.39 is 0 Å². The first-order valence-corrected chi connectivity index (χ1v) is 3.06. The molecular weight excluding hydrogens is 114 g/mol. The van der Waals surface area contributed by atoms with Crippen LogP contribution in [0, 0.1) is 11.3 Å². The van der Waals surface area contributed by atoms with E-state index in [1.807, 2.05) is 6.08 Å². The summed E-state index contributed by atoms with van der Waals surface area (Å²) in [5.74, 6) is 0. The molecule has 2 nitrogen and oxygen atoms in total. The molecule has 0 saturated heterocycles. The summed E-state index contributed by atoms with van der Waals surface area (Å²) in [4.78, 5) is 0. The second kappa shape index (κ2) is 3.26. The first-order valence-electron chi connectivity index (χ1n) is 3.06. The highest BCUT2D eigenvalue weighted by Crippen LogP contribution is 2.09. The molecule has 0 atom stereocenters. The summed E-state index contributed by atoms with van der Waals surface area (Å²) in [7, 11) is 0. The van der Waals surface area contributed by atoms with Gasteiger partial charge in [-0.2, -0.15) is 5.26 Å². The van der Waals surface area contributed by atoms with Crippen molar-refractivity contribution in [3.63, 3.8) is 0 Å². The second-order valence-corrected chi connectivity index (χ2v) is 2.02. The van der Waals surface area contributed by atoms with Crippen LogP contribution >= 0.6 is 0 Å². The molecule has 0 aromatic heterocycles. The minimum absolute atomic E-state index is 0.573. The van der Waals surface area contributed by atoms with E-state index >= 15 is 0 Å². The molecule has 0 fully saturated rings. The summed E-state index contributed by atoms with van der Waals surface area (Å²) in [6.07, 6.45) is 3.50. The van der Waals surface area contributed by atoms with Crippen molar-refractivity contribution in [3.05, 3.63) is 11.6 Å². The molecule has 1 aliphatic rings. The Labute approximate surface area is 54.7 Å². The van der Waals surface area contributed by atoms with E-state index in [4.69, 9.17) is 10.00 Å². The summed E-state index contributed by atoms with van der Waals surface area (Å²) < 4.78 is 5.06. The van der Waals surface area contributed by atoms with Gasteiger partial charge in [-0.05, 0) is 6.42 Å². The molecule has 9 heavy (non-hydrogen) atoms. The van der Waals surface area contributed by atoms with Gasteiger partial charge < -0.3 is 4.74 Å². The zero-order valence-electron chi connectivity index (χ0n) is 5.26. The number of nitriles is 1. The number of rotatable bonds is 1. The monoisotopic (exact) mass is 123 g/mol. The first-order chi connectivity index (χ1) is 4.43. The molecule has 0 aromatic carbocycles. The predicted molar refractivity (Wildman–Crippen MR) is 33.7 cm³/mol. The molecule has 0 amide bonds. The Hall–Kier alpha value is -0.810. The van der Waals surface area contributed by atoms with Gasteiger partial charge in [0.1, 0.15) is 0 Å². The summed E-state index contributed by atoms with van der Waals surface area (Å²) in [5.41, 5.74) is 1.23. The zero-order chi connectivity index (χ0) is 6.53. The number of ether oxygens (including phenoxy) is 1. The van der Waals surface area contributed by atoms with E-state index in [-0.39, 0.29) is 0 Å². The van der Waals surface area contributed by atoms with Gasteiger partial charge in [-0.3, -0.25) is 0 Å². The van der Waals surface area contributed by atoms with Crippen molar-refractivity contribution in [2.24, 2.45) is 0 Å². The highest BCUT2D eigenvalue weighted by molar-refractivity contribution is 5.09. The van der Waals surface area contributed by atoms with Gasteiger partial charge in [0.05, 0.1) is 25.7 Å². The highest BCUT2D eigenvalue weighted by atomic mass is 16.5. The molecule has 2 heteroatoms. The lowest BCUT2D eigenvalue weighted by Crippen LogP contribution is -2.03. The van der Waals surface area contributed by atoms with Gasteiger partial charge in [-0.25, -0.2) is 0 Å². The molecule has 0 spiro atoms. The SMILES string of the molecule is N#CCC1=CCOCC1. The fraction of sp³-hybridized carbons (Fsp3) is 0.571. The Bertz CT molecular complexity index is 155. The summed E-state index contributed by atoms with van der Waals surface area (Å²) in [5, 5.41) is 8.29. The van der Waals surface area contributed by atoms with Crippen molar-refractivity contribution in [2.75, 3.05) is 13.2 Å². The molecule has 0 N–H and O–H groups in total. The van der Waals surface area contributed by atoms with Gasteiger partial charge in [0.25, 0.3) is 0 Å². The maximum absolute atomic E-state index is 8.29. The van der Waals surface area contributed by atoms with Crippen molar-refractivity contribution in [3.8, 4) is 6.07 Å². The van der Waals surface area contributed by atoms with Crippen LogP contribution in [0.25, 0.3) is 0 Å². The molecule has 1 aliphatic heterocycles. The Kier molecular flexibility index (Phi) is 2.29. The average molecular weight is 123 g/mol. The maximum Gasteiger partial charge on any atom is 0.0666 e. The molecule has 1 heterocycles. The zero-order valence-corrected chi connectivity index (χ0v) is 5.26. The maximum atomic E-state index is 8.29. The Balaban J connectivity index is 2.39. The molecule has 0 bridgehead atoms. The van der Waals surface area contributed by atoms with Gasteiger partial charge in [0.15, 0.2) is 0 Å². The van der Waals surface area contributed by atoms with E-state index in [1.54, 1.807) is 0 Å². The minimum atomic E-state index is 0.573. The van der Waals surface area contributed by atoms with Gasteiger partial charge in [0, 0.05) is 0 Å². The van der Waals surface area contributed by atoms with Gasteiger partial charge in [-0.15, -0.1) is 0 Å². The minimum Gasteiger partial charge on any atom is -0.377 e. The quantitative estimate of drug-likeness (QED) is 0.491. The second-order valence-electron chi connectivity index (χ2n) is 2.02. The number of nitrogens with zero attached hydrogens (tertiary/aromatic N) is 1. The largest absolute Gasteiger partial charge is 0.377 e. The Morgan fingerprint density at radius 3 is 3.22 bits per heavy atom. The summed E-state index contributed by atoms with van der Waals surface area (Å²) in [6, 6.07) is 2.11. The van der Waals surface area contributed by atoms with Crippen LogP contribution in [-0.4, -0.2) is 13.2 Å². The van der Waals surface area contributed by atoms with Gasteiger partial charge in [0.2, 0.25) is 0 Å². The van der Waals surface area contributed by atoms with E-state index in [0.717, 1.165) is 13.0 Å². The van der Waals surface area contributed by atoms with Crippen molar-refractivity contribution in [2.45, 2.75) is 12.8 Å². The standard InChI is InChI=1S/C7H9NO/c8-4-1-7-2-5-9-6-3-7/h2H,1,3,5-6H2. The topological polar surface area (TPSA) is 33.0 Å². The molecule has 0 aliphatic carbocycles. The van der Waals surface area contributed by atoms with Gasteiger partial charge >= 0.3 is 0 Å². The molecule has 0 unspecified atom stereocenters. The Morgan fingerprint density at radius 2 is 2.67 bits per heavy atom. The summed E-state index contributed by atoms with van der Waals surface area (Å²) >= 11 is 0. The third kappa shape index (κ3) is 1.87. The third-order valence-corrected chi connectivity index (χ3v) is 1.36. The van der Waals surface area contributed by atoms with Crippen LogP contribution in [0.1, 0.15) is 12.8 Å². The lowest BCUT2D eigenvalue weighted by atomic mass is 10.1. The van der Waals surface area contributed by atoms with Crippen LogP contribution in [0.4, 0.5) is 0 Å². The van der Waals surface area contributed by atoms with Crippen LogP contribution < -0.4 is 0 Å². The molecule has 0 radical (unpaired) electrons. The molecule has 0 saturated carbocycles. The van der Waals surface area contributed by atoms with Crippen molar-refractivity contribution < 1.29 is 4.74 Å². The van der Waals surface area contributed by atoms with Crippen LogP contribution in [0.2, 0.25) is 0 Å². The van der Waals surface area contributed by atoms with E-state index in [9.17, 15) is 0 Å². The molecule has 1 rings (SSSR count). The van der Waals surface area contributed by atoms with Crippen LogP contribution in [-0.2, 0) is 4.74 Å². The fourth-order valence-electron chi connectivity index (χ4n) is 0.828. The third-order valence-electron chi connectivity index (χ3n) is 1.36. The lowest BCUT2D eigenvalue weighted by molar-refractivity contribution is 0.154. The molecule has 0 aromatic rings. The number of hydrogen-bond donors (Lipinski definition) is 0. The normalized spacial score (nSPS) is 18.3. The van der Waals surface area contributed by atoms with E-state index in [0.29, 0.717) is 13.0 Å². The van der Waals surface area contributed by atoms with Crippen LogP contribution in [0.3, 0.4) is 0 Å². The van der Waals surface area contributed by atoms with Gasteiger partial charge in [-0.1, -0.05) is 11.6 Å². The van der Waals surface area contributed by atoms with Crippen LogP contribution in [0.15, 0.2) is 11.6 Å². The molecule has 48 valence electrons. The highest BCUT2D eigenvalue weighted by Gasteiger charge is 2.00. The smallest absolute Gasteiger partial charge is 0.0666 e. The van der Waals surface area contributed by atoms with Crippen molar-refractivity contribution in [1.82, 2.24) is 0 Å².